The summed E-state index contributed by atoms with van der Waals surface area (Å²) in [4.78, 5) is 4.34. The molecule has 1 aromatic rings. The Morgan fingerprint density at radius 1 is 1.39 bits per heavy atom. The summed E-state index contributed by atoms with van der Waals surface area (Å²) in [5.74, 6) is -0.496. The Labute approximate surface area is 104 Å². The van der Waals surface area contributed by atoms with Crippen LogP contribution in [0, 0.1) is 11.6 Å². The molecule has 1 saturated heterocycles. The van der Waals surface area contributed by atoms with Crippen LogP contribution >= 0.6 is 0 Å². The standard InChI is InChI=1S/C13H14F2N2O/c14-8-3-1-7(10(15)5-8)2-4-9-6-11-12(18-11)13(16)17-9/h1,3,5,9,11-12H,2,4,6H2,(H2,16,17)/t9-,11?,12?/m0/s1. The van der Waals surface area contributed by atoms with Crippen molar-refractivity contribution in [1.82, 2.24) is 0 Å². The number of aliphatic imine (C=N–C) groups is 1. The average Bonchev–Trinajstić information content (AvgIpc) is 3.07. The molecular weight excluding hydrogens is 238 g/mol. The lowest BCUT2D eigenvalue weighted by molar-refractivity contribution is 0.374. The highest BCUT2D eigenvalue weighted by molar-refractivity contribution is 5.88. The molecule has 0 saturated carbocycles. The van der Waals surface area contributed by atoms with Crippen molar-refractivity contribution >= 4 is 5.84 Å². The van der Waals surface area contributed by atoms with Crippen LogP contribution in [0.2, 0.25) is 0 Å². The third-order valence-corrected chi connectivity index (χ3v) is 3.47. The van der Waals surface area contributed by atoms with Crippen molar-refractivity contribution in [3.05, 3.63) is 35.4 Å². The molecule has 96 valence electrons. The molecule has 0 amide bonds. The van der Waals surface area contributed by atoms with Crippen molar-refractivity contribution < 1.29 is 13.5 Å². The van der Waals surface area contributed by atoms with Crippen LogP contribution < -0.4 is 5.73 Å². The Morgan fingerprint density at radius 3 is 2.94 bits per heavy atom. The summed E-state index contributed by atoms with van der Waals surface area (Å²) in [6.07, 6.45) is 2.30. The Balaban J connectivity index is 1.63. The molecule has 2 heterocycles. The minimum atomic E-state index is -0.551. The van der Waals surface area contributed by atoms with E-state index in [2.05, 4.69) is 4.99 Å². The van der Waals surface area contributed by atoms with Crippen LogP contribution in [-0.4, -0.2) is 24.1 Å². The molecule has 2 aliphatic heterocycles. The zero-order chi connectivity index (χ0) is 12.7. The predicted octanol–water partition coefficient (Wildman–Crippen LogP) is 1.79. The van der Waals surface area contributed by atoms with Gasteiger partial charge in [-0.1, -0.05) is 6.07 Å². The van der Waals surface area contributed by atoms with Gasteiger partial charge in [-0.2, -0.15) is 0 Å². The number of nitrogens with two attached hydrogens (primary N) is 1. The van der Waals surface area contributed by atoms with Crippen molar-refractivity contribution in [3.63, 3.8) is 0 Å². The van der Waals surface area contributed by atoms with Crippen molar-refractivity contribution in [2.75, 3.05) is 0 Å². The van der Waals surface area contributed by atoms with Crippen LogP contribution in [0.15, 0.2) is 23.2 Å². The number of halogens is 2. The number of nitrogens with zero attached hydrogens (tertiary/aromatic N) is 1. The van der Waals surface area contributed by atoms with Gasteiger partial charge in [0.05, 0.1) is 12.1 Å². The van der Waals surface area contributed by atoms with Crippen molar-refractivity contribution in [2.45, 2.75) is 37.5 Å². The smallest absolute Gasteiger partial charge is 0.141 e. The minimum absolute atomic E-state index is 0.0174. The fourth-order valence-electron chi connectivity index (χ4n) is 2.42. The fourth-order valence-corrected chi connectivity index (χ4v) is 2.42. The van der Waals surface area contributed by atoms with E-state index in [0.717, 1.165) is 12.5 Å². The summed E-state index contributed by atoms with van der Waals surface area (Å²) in [6.45, 7) is 0. The van der Waals surface area contributed by atoms with E-state index in [1.165, 1.54) is 12.1 Å². The lowest BCUT2D eigenvalue weighted by Crippen LogP contribution is -2.29. The summed E-state index contributed by atoms with van der Waals surface area (Å²) in [6, 6.07) is 3.75. The van der Waals surface area contributed by atoms with Gasteiger partial charge in [-0.05, 0) is 30.9 Å². The summed E-state index contributed by atoms with van der Waals surface area (Å²) in [5.41, 5.74) is 6.25. The molecule has 0 aromatic heterocycles. The van der Waals surface area contributed by atoms with E-state index in [9.17, 15) is 8.78 Å². The Kier molecular flexibility index (Phi) is 2.78. The first-order valence-electron chi connectivity index (χ1n) is 6.06. The van der Waals surface area contributed by atoms with Gasteiger partial charge in [-0.3, -0.25) is 4.99 Å². The number of benzene rings is 1. The molecule has 2 aliphatic rings. The van der Waals surface area contributed by atoms with E-state index in [1.807, 2.05) is 0 Å². The lowest BCUT2D eigenvalue weighted by Gasteiger charge is -2.15. The first-order chi connectivity index (χ1) is 8.63. The average molecular weight is 252 g/mol. The van der Waals surface area contributed by atoms with E-state index in [-0.39, 0.29) is 18.2 Å². The van der Waals surface area contributed by atoms with Crippen molar-refractivity contribution in [1.29, 1.82) is 0 Å². The molecule has 2 N–H and O–H groups in total. The van der Waals surface area contributed by atoms with Gasteiger partial charge >= 0.3 is 0 Å². The number of epoxide rings is 1. The number of fused-ring (bicyclic) bond motifs is 1. The number of hydrogen-bond donors (Lipinski definition) is 1. The second kappa shape index (κ2) is 4.31. The largest absolute Gasteiger partial charge is 0.385 e. The third kappa shape index (κ3) is 2.22. The SMILES string of the molecule is NC1=N[C@@H](CCc2ccc(F)cc2F)CC2OC12. The van der Waals surface area contributed by atoms with Gasteiger partial charge in [0.1, 0.15) is 23.6 Å². The number of ether oxygens (including phenoxy) is 1. The van der Waals surface area contributed by atoms with Gasteiger partial charge in [0.25, 0.3) is 0 Å². The maximum absolute atomic E-state index is 13.4. The topological polar surface area (TPSA) is 50.9 Å². The van der Waals surface area contributed by atoms with Gasteiger partial charge in [0.2, 0.25) is 0 Å². The van der Waals surface area contributed by atoms with Gasteiger partial charge in [0, 0.05) is 6.07 Å². The molecule has 5 heteroatoms. The molecule has 1 fully saturated rings. The Morgan fingerprint density at radius 2 is 2.22 bits per heavy atom. The summed E-state index contributed by atoms with van der Waals surface area (Å²) in [7, 11) is 0. The predicted molar refractivity (Wildman–Crippen MR) is 63.4 cm³/mol. The first kappa shape index (κ1) is 11.6. The van der Waals surface area contributed by atoms with Crippen LogP contribution in [0.5, 0.6) is 0 Å². The molecular formula is C13H14F2N2O. The zero-order valence-corrected chi connectivity index (χ0v) is 9.77. The van der Waals surface area contributed by atoms with Crippen molar-refractivity contribution in [3.8, 4) is 0 Å². The second-order valence-corrected chi connectivity index (χ2v) is 4.81. The molecule has 18 heavy (non-hydrogen) atoms. The van der Waals surface area contributed by atoms with Crippen molar-refractivity contribution in [2.24, 2.45) is 10.7 Å². The van der Waals surface area contributed by atoms with E-state index in [4.69, 9.17) is 10.5 Å². The molecule has 3 atom stereocenters. The highest BCUT2D eigenvalue weighted by Gasteiger charge is 2.46. The van der Waals surface area contributed by atoms with Gasteiger partial charge in [-0.15, -0.1) is 0 Å². The second-order valence-electron chi connectivity index (χ2n) is 4.81. The number of aryl methyl sites for hydroxylation is 1. The molecule has 2 unspecified atom stereocenters. The summed E-state index contributed by atoms with van der Waals surface area (Å²) in [5, 5.41) is 0. The molecule has 3 nitrogen and oxygen atoms in total. The van der Waals surface area contributed by atoms with Crippen LogP contribution in [0.25, 0.3) is 0 Å². The quantitative estimate of drug-likeness (QED) is 0.834. The minimum Gasteiger partial charge on any atom is -0.385 e. The number of amidine groups is 1. The summed E-state index contributed by atoms with van der Waals surface area (Å²) < 4.78 is 31.5. The van der Waals surface area contributed by atoms with E-state index >= 15 is 0 Å². The monoisotopic (exact) mass is 252 g/mol. The van der Waals surface area contributed by atoms with E-state index < -0.39 is 11.6 Å². The van der Waals surface area contributed by atoms with E-state index in [0.29, 0.717) is 24.2 Å². The molecule has 3 rings (SSSR count). The number of rotatable bonds is 3. The highest BCUT2D eigenvalue weighted by atomic mass is 19.1. The highest BCUT2D eigenvalue weighted by Crippen LogP contribution is 2.33. The zero-order valence-electron chi connectivity index (χ0n) is 9.77. The normalized spacial score (nSPS) is 29.7. The van der Waals surface area contributed by atoms with E-state index in [1.54, 1.807) is 0 Å². The Hall–Kier alpha value is -1.49. The lowest BCUT2D eigenvalue weighted by atomic mass is 9.98. The maximum Gasteiger partial charge on any atom is 0.141 e. The molecule has 0 radical (unpaired) electrons. The summed E-state index contributed by atoms with van der Waals surface area (Å²) >= 11 is 0. The maximum atomic E-state index is 13.4. The van der Waals surface area contributed by atoms with Gasteiger partial charge < -0.3 is 10.5 Å². The fraction of sp³-hybridized carbons (Fsp3) is 0.462. The molecule has 0 aliphatic carbocycles. The Bertz CT molecular complexity index is 504. The van der Waals surface area contributed by atoms with Crippen LogP contribution in [0.1, 0.15) is 18.4 Å². The molecule has 0 spiro atoms. The number of hydrogen-bond acceptors (Lipinski definition) is 3. The van der Waals surface area contributed by atoms with Crippen LogP contribution in [-0.2, 0) is 11.2 Å². The first-order valence-corrected chi connectivity index (χ1v) is 6.06. The van der Waals surface area contributed by atoms with Crippen LogP contribution in [0.3, 0.4) is 0 Å². The third-order valence-electron chi connectivity index (χ3n) is 3.47. The molecule has 1 aromatic carbocycles. The van der Waals surface area contributed by atoms with Gasteiger partial charge in [-0.25, -0.2) is 8.78 Å². The molecule has 0 bridgehead atoms. The van der Waals surface area contributed by atoms with Crippen LogP contribution in [0.4, 0.5) is 8.78 Å². The van der Waals surface area contributed by atoms with Gasteiger partial charge in [0.15, 0.2) is 0 Å².